The lowest BCUT2D eigenvalue weighted by molar-refractivity contribution is -0.130. The molecule has 1 rings (SSSR count). The molecule has 1 saturated heterocycles. The zero-order valence-electron chi connectivity index (χ0n) is 10.2. The molecule has 1 heterocycles. The Morgan fingerprint density at radius 3 is 2.62 bits per heavy atom. The molecule has 0 bridgehead atoms. The highest BCUT2D eigenvalue weighted by Crippen LogP contribution is 2.10. The van der Waals surface area contributed by atoms with E-state index in [1.807, 2.05) is 11.8 Å². The van der Waals surface area contributed by atoms with Crippen LogP contribution in [0, 0.1) is 11.3 Å². The molecule has 0 spiro atoms. The van der Waals surface area contributed by atoms with Crippen LogP contribution >= 0.6 is 0 Å². The fourth-order valence-corrected chi connectivity index (χ4v) is 1.87. The second kappa shape index (κ2) is 6.49. The van der Waals surface area contributed by atoms with Crippen LogP contribution in [0.2, 0.25) is 0 Å². The van der Waals surface area contributed by atoms with Gasteiger partial charge in [-0.3, -0.25) is 10.1 Å². The third kappa shape index (κ3) is 3.82. The quantitative estimate of drug-likeness (QED) is 0.764. The molecular formula is C12H21N3O. The van der Waals surface area contributed by atoms with E-state index in [-0.39, 0.29) is 18.0 Å². The topological polar surface area (TPSA) is 56.1 Å². The molecule has 2 atom stereocenters. The summed E-state index contributed by atoms with van der Waals surface area (Å²) < 4.78 is 0. The molecule has 1 aliphatic rings. The molecule has 2 unspecified atom stereocenters. The van der Waals surface area contributed by atoms with Gasteiger partial charge < -0.3 is 4.90 Å². The van der Waals surface area contributed by atoms with Crippen molar-refractivity contribution in [2.45, 2.75) is 51.6 Å². The molecule has 0 aromatic heterocycles. The Bertz CT molecular complexity index is 266. The molecule has 4 heteroatoms. The van der Waals surface area contributed by atoms with Crippen LogP contribution in [0.25, 0.3) is 0 Å². The first-order valence-corrected chi connectivity index (χ1v) is 6.10. The standard InChI is InChI=1S/C12H21N3O/c1-3-10(2)14-11(9-13)8-12(16)15-6-4-5-7-15/h10-11,14H,3-8H2,1-2H3. The average Bonchev–Trinajstić information content (AvgIpc) is 2.81. The van der Waals surface area contributed by atoms with Crippen molar-refractivity contribution in [2.24, 2.45) is 0 Å². The molecule has 90 valence electrons. The minimum absolute atomic E-state index is 0.111. The summed E-state index contributed by atoms with van der Waals surface area (Å²) in [5.41, 5.74) is 0. The van der Waals surface area contributed by atoms with Gasteiger partial charge in [-0.05, 0) is 26.2 Å². The lowest BCUT2D eigenvalue weighted by Gasteiger charge is -2.20. The lowest BCUT2D eigenvalue weighted by Crippen LogP contribution is -2.40. The van der Waals surface area contributed by atoms with E-state index >= 15 is 0 Å². The summed E-state index contributed by atoms with van der Waals surface area (Å²) in [5, 5.41) is 12.1. The van der Waals surface area contributed by atoms with Crippen LogP contribution in [-0.4, -0.2) is 36.0 Å². The van der Waals surface area contributed by atoms with Gasteiger partial charge in [-0.15, -0.1) is 0 Å². The van der Waals surface area contributed by atoms with Crippen LogP contribution < -0.4 is 5.32 Å². The number of hydrogen-bond donors (Lipinski definition) is 1. The minimum Gasteiger partial charge on any atom is -0.343 e. The largest absolute Gasteiger partial charge is 0.343 e. The average molecular weight is 223 g/mol. The monoisotopic (exact) mass is 223 g/mol. The first-order chi connectivity index (χ1) is 7.67. The fraction of sp³-hybridized carbons (Fsp3) is 0.833. The summed E-state index contributed by atoms with van der Waals surface area (Å²) >= 11 is 0. The highest BCUT2D eigenvalue weighted by atomic mass is 16.2. The smallest absolute Gasteiger partial charge is 0.225 e. The third-order valence-corrected chi connectivity index (χ3v) is 3.09. The van der Waals surface area contributed by atoms with Gasteiger partial charge in [0.25, 0.3) is 0 Å². The molecule has 0 aromatic carbocycles. The van der Waals surface area contributed by atoms with Crippen molar-refractivity contribution in [2.75, 3.05) is 13.1 Å². The molecule has 0 saturated carbocycles. The molecule has 1 N–H and O–H groups in total. The third-order valence-electron chi connectivity index (χ3n) is 3.09. The molecule has 0 radical (unpaired) electrons. The number of nitrogens with one attached hydrogen (secondary N) is 1. The van der Waals surface area contributed by atoms with E-state index in [0.717, 1.165) is 32.4 Å². The van der Waals surface area contributed by atoms with Crippen molar-refractivity contribution in [3.05, 3.63) is 0 Å². The van der Waals surface area contributed by atoms with E-state index < -0.39 is 0 Å². The van der Waals surface area contributed by atoms with E-state index in [2.05, 4.69) is 18.3 Å². The van der Waals surface area contributed by atoms with Crippen LogP contribution in [0.15, 0.2) is 0 Å². The molecule has 1 fully saturated rings. The van der Waals surface area contributed by atoms with Crippen LogP contribution in [-0.2, 0) is 4.79 Å². The van der Waals surface area contributed by atoms with Crippen LogP contribution in [0.5, 0.6) is 0 Å². The minimum atomic E-state index is -0.344. The second-order valence-electron chi connectivity index (χ2n) is 4.45. The second-order valence-corrected chi connectivity index (χ2v) is 4.45. The Labute approximate surface area is 97.6 Å². The number of nitriles is 1. The van der Waals surface area contributed by atoms with Crippen molar-refractivity contribution >= 4 is 5.91 Å². The number of amides is 1. The maximum Gasteiger partial charge on any atom is 0.225 e. The van der Waals surface area contributed by atoms with Gasteiger partial charge >= 0.3 is 0 Å². The Hall–Kier alpha value is -1.08. The zero-order valence-corrected chi connectivity index (χ0v) is 10.2. The molecule has 4 nitrogen and oxygen atoms in total. The number of carbonyl (C=O) groups is 1. The number of likely N-dealkylation sites (tertiary alicyclic amines) is 1. The Morgan fingerprint density at radius 2 is 2.12 bits per heavy atom. The van der Waals surface area contributed by atoms with E-state index in [1.165, 1.54) is 0 Å². The summed E-state index contributed by atoms with van der Waals surface area (Å²) in [5.74, 6) is 0.111. The molecule has 0 aliphatic carbocycles. The van der Waals surface area contributed by atoms with Crippen LogP contribution in [0.3, 0.4) is 0 Å². The molecule has 1 aliphatic heterocycles. The van der Waals surface area contributed by atoms with Crippen molar-refractivity contribution in [1.29, 1.82) is 5.26 Å². The van der Waals surface area contributed by atoms with E-state index in [0.29, 0.717) is 6.42 Å². The molecule has 16 heavy (non-hydrogen) atoms. The van der Waals surface area contributed by atoms with Crippen LogP contribution in [0.4, 0.5) is 0 Å². The van der Waals surface area contributed by atoms with E-state index in [1.54, 1.807) is 0 Å². The maximum absolute atomic E-state index is 11.8. The highest BCUT2D eigenvalue weighted by Gasteiger charge is 2.22. The Balaban J connectivity index is 2.37. The number of nitrogens with zero attached hydrogens (tertiary/aromatic N) is 2. The van der Waals surface area contributed by atoms with Crippen molar-refractivity contribution in [1.82, 2.24) is 10.2 Å². The van der Waals surface area contributed by atoms with Crippen molar-refractivity contribution in [3.63, 3.8) is 0 Å². The number of hydrogen-bond acceptors (Lipinski definition) is 3. The summed E-state index contributed by atoms with van der Waals surface area (Å²) in [6.07, 6.45) is 3.47. The van der Waals surface area contributed by atoms with E-state index in [4.69, 9.17) is 5.26 Å². The van der Waals surface area contributed by atoms with Gasteiger partial charge in [0.1, 0.15) is 6.04 Å². The van der Waals surface area contributed by atoms with Gasteiger partial charge in [-0.25, -0.2) is 0 Å². The zero-order chi connectivity index (χ0) is 12.0. The van der Waals surface area contributed by atoms with Gasteiger partial charge in [-0.2, -0.15) is 5.26 Å². The Kier molecular flexibility index (Phi) is 5.27. The highest BCUT2D eigenvalue weighted by molar-refractivity contribution is 5.77. The summed E-state index contributed by atoms with van der Waals surface area (Å²) in [6, 6.07) is 2.11. The SMILES string of the molecule is CCC(C)NC(C#N)CC(=O)N1CCCC1. The molecule has 0 aromatic rings. The summed E-state index contributed by atoms with van der Waals surface area (Å²) in [7, 11) is 0. The summed E-state index contributed by atoms with van der Waals surface area (Å²) in [6.45, 7) is 5.82. The van der Waals surface area contributed by atoms with Gasteiger partial charge in [0, 0.05) is 19.1 Å². The number of carbonyl (C=O) groups excluding carboxylic acids is 1. The van der Waals surface area contributed by atoms with Crippen molar-refractivity contribution in [3.8, 4) is 6.07 Å². The van der Waals surface area contributed by atoms with Gasteiger partial charge in [0.05, 0.1) is 12.5 Å². The molecular weight excluding hydrogens is 202 g/mol. The first kappa shape index (κ1) is 13.0. The molecule has 1 amide bonds. The maximum atomic E-state index is 11.8. The fourth-order valence-electron chi connectivity index (χ4n) is 1.87. The van der Waals surface area contributed by atoms with Crippen molar-refractivity contribution < 1.29 is 4.79 Å². The lowest BCUT2D eigenvalue weighted by atomic mass is 10.1. The van der Waals surface area contributed by atoms with E-state index in [9.17, 15) is 4.79 Å². The van der Waals surface area contributed by atoms with Gasteiger partial charge in [-0.1, -0.05) is 6.92 Å². The normalized spacial score (nSPS) is 19.2. The predicted molar refractivity (Wildman–Crippen MR) is 62.7 cm³/mol. The van der Waals surface area contributed by atoms with Gasteiger partial charge in [0.15, 0.2) is 0 Å². The summed E-state index contributed by atoms with van der Waals surface area (Å²) in [4.78, 5) is 13.7. The predicted octanol–water partition coefficient (Wildman–Crippen LogP) is 1.28. The van der Waals surface area contributed by atoms with Crippen LogP contribution in [0.1, 0.15) is 39.5 Å². The number of rotatable bonds is 5. The Morgan fingerprint density at radius 1 is 1.50 bits per heavy atom. The first-order valence-electron chi connectivity index (χ1n) is 6.10. The van der Waals surface area contributed by atoms with Gasteiger partial charge in [0.2, 0.25) is 5.91 Å².